The fourth-order valence-corrected chi connectivity index (χ4v) is 18.4. The van der Waals surface area contributed by atoms with Gasteiger partial charge in [0.15, 0.2) is 0 Å². The lowest BCUT2D eigenvalue weighted by molar-refractivity contribution is 0.0576. The Labute approximate surface area is 725 Å². The third kappa shape index (κ3) is 20.8. The summed E-state index contributed by atoms with van der Waals surface area (Å²) in [4.78, 5) is 78.9. The highest BCUT2D eigenvalue weighted by Gasteiger charge is 2.34. The Morgan fingerprint density at radius 3 is 1.36 bits per heavy atom. The smallest absolute Gasteiger partial charge is 0.271 e. The number of aryl methyl sites for hydroxylation is 1. The quantitative estimate of drug-likeness (QED) is 0.0554. The van der Waals surface area contributed by atoms with E-state index < -0.39 is 31.8 Å². The molecule has 7 heterocycles. The number of carbonyl (C=O) groups is 4. The van der Waals surface area contributed by atoms with Gasteiger partial charge in [-0.1, -0.05) is 121 Å². The summed E-state index contributed by atoms with van der Waals surface area (Å²) >= 11 is 0. The van der Waals surface area contributed by atoms with Crippen molar-refractivity contribution in [2.24, 2.45) is 0 Å². The first kappa shape index (κ1) is 87.2. The second-order valence-electron chi connectivity index (χ2n) is 32.0. The van der Waals surface area contributed by atoms with Crippen molar-refractivity contribution in [2.45, 2.75) is 67.1 Å². The highest BCUT2D eigenvalue weighted by atomic mass is 32.2. The Balaban J connectivity index is 0.000000151. The number of likely N-dealkylation sites (tertiary alicyclic amines) is 2. The largest absolute Gasteiger partial charge is 0.474 e. The standard InChI is InChI=1S/2C33H32N4O4S.C32H40FN5O2/c1-35(2)27-15-12-24(13-16-27)26-14-17-32(34-23-26)41-28-18-20-36(21-19-28)33(38)31-22-25-8-6-7-11-30(25)37(31)42(39,40)29-9-4-3-5-10-29;1-35(2)26-15-12-24(13-16-26)25-14-17-32(34-22-25)41-27-18-20-36(21-19-27)33(38)30-23-37(31-11-7-6-10-29(30)31)42(39,40)28-8-4-3-5-9-28;1-35(2)27-12-7-24(8-13-27)6-5-17-34-31(39)30-22-26(33)11-16-29(30)32(40)38-20-18-37(19-21-38)23-25-9-14-28(15-10-25)36(3)4/h3-17,22-23,28H,18-21H2,1-2H3;3-17,22-23,27H,18-21H2,1-2H3;7-16,22H,5-6,17-21,23H2,1-4H3,(H,34,39). The van der Waals surface area contributed by atoms with Crippen molar-refractivity contribution in [2.75, 3.05) is 135 Å². The lowest BCUT2D eigenvalue weighted by atomic mass is 10.0. The fourth-order valence-electron chi connectivity index (χ4n) is 15.5. The number of piperidine rings is 2. The summed E-state index contributed by atoms with van der Waals surface area (Å²) < 4.78 is 83.1. The van der Waals surface area contributed by atoms with Crippen molar-refractivity contribution in [3.63, 3.8) is 0 Å². The Hall–Kier alpha value is -13.2. The van der Waals surface area contributed by atoms with E-state index in [1.54, 1.807) is 112 Å². The lowest BCUT2D eigenvalue weighted by Crippen LogP contribution is -2.48. The van der Waals surface area contributed by atoms with Gasteiger partial charge in [-0.15, -0.1) is 0 Å². The number of piperazine rings is 1. The molecule has 0 spiro atoms. The van der Waals surface area contributed by atoms with Gasteiger partial charge in [0.05, 0.1) is 37.5 Å². The van der Waals surface area contributed by atoms with Gasteiger partial charge in [0.25, 0.3) is 43.7 Å². The number of aromatic nitrogens is 4. The molecular weight excluding hydrogens is 1600 g/mol. The number of fused-ring (bicyclic) bond motifs is 2. The van der Waals surface area contributed by atoms with Crippen molar-refractivity contribution in [3.8, 4) is 34.0 Å². The fraction of sp³-hybridized carbons (Fsp3) is 0.265. The number of hydrogen-bond acceptors (Lipinski definition) is 17. The average molecular weight is 1710 g/mol. The van der Waals surface area contributed by atoms with Gasteiger partial charge in [-0.25, -0.2) is 39.1 Å². The van der Waals surface area contributed by atoms with E-state index in [4.69, 9.17) is 9.47 Å². The van der Waals surface area contributed by atoms with Crippen molar-refractivity contribution in [1.82, 2.24) is 42.8 Å². The van der Waals surface area contributed by atoms with Crippen LogP contribution in [0.5, 0.6) is 11.8 Å². The molecule has 4 aromatic heterocycles. The molecule has 0 radical (unpaired) electrons. The van der Waals surface area contributed by atoms with Gasteiger partial charge in [0, 0.05) is 223 Å². The van der Waals surface area contributed by atoms with Crippen LogP contribution in [-0.2, 0) is 33.0 Å². The monoisotopic (exact) mass is 1710 g/mol. The number of anilines is 4. The van der Waals surface area contributed by atoms with Crippen LogP contribution in [-0.4, -0.2) is 205 Å². The predicted molar refractivity (Wildman–Crippen MR) is 489 cm³/mol. The Bertz CT molecular complexity index is 6070. The van der Waals surface area contributed by atoms with E-state index in [-0.39, 0.29) is 56.5 Å². The lowest BCUT2D eigenvalue weighted by Gasteiger charge is -2.35. The zero-order valence-electron chi connectivity index (χ0n) is 71.1. The van der Waals surface area contributed by atoms with Gasteiger partial charge in [0.2, 0.25) is 11.8 Å². The summed E-state index contributed by atoms with van der Waals surface area (Å²) in [7, 11) is 8.26. The number of nitrogens with one attached hydrogen (secondary N) is 1. The SMILES string of the molecule is CN(C)c1ccc(-c2ccc(OC3CCN(C(=O)c4cc5ccccc5n4S(=O)(=O)c4ccccc4)CC3)nc2)cc1.CN(C)c1ccc(-c2ccc(OC3CCN(C(=O)c4cn(S(=O)(=O)c5ccccc5)c5ccccc45)CC3)nc2)cc1.CN(C)c1ccc(CCCNC(=O)c2cc(F)ccc2C(=O)N2CCN(Cc3ccc(N(C)C)cc3)CC2)cc1. The number of benzene rings is 9. The number of ether oxygens (including phenoxy) is 2. The molecule has 26 heteroatoms. The Morgan fingerprint density at radius 2 is 0.863 bits per heavy atom. The zero-order chi connectivity index (χ0) is 87.2. The first-order valence-electron chi connectivity index (χ1n) is 41.7. The molecule has 3 saturated heterocycles. The van der Waals surface area contributed by atoms with E-state index in [9.17, 15) is 40.4 Å². The van der Waals surface area contributed by atoms with Gasteiger partial charge < -0.3 is 49.1 Å². The minimum atomic E-state index is -3.98. The van der Waals surface area contributed by atoms with Crippen LogP contribution in [0.25, 0.3) is 44.1 Å². The van der Waals surface area contributed by atoms with Crippen LogP contribution in [0.2, 0.25) is 0 Å². The van der Waals surface area contributed by atoms with Crippen LogP contribution in [0.15, 0.2) is 283 Å². The van der Waals surface area contributed by atoms with Gasteiger partial charge >= 0.3 is 0 Å². The Kier molecular flexibility index (Phi) is 27.7. The topological polar surface area (TPSA) is 229 Å². The first-order valence-corrected chi connectivity index (χ1v) is 44.5. The first-order chi connectivity index (χ1) is 59.8. The van der Waals surface area contributed by atoms with E-state index in [2.05, 4.69) is 132 Å². The molecule has 9 aromatic carbocycles. The van der Waals surface area contributed by atoms with Crippen molar-refractivity contribution in [3.05, 3.63) is 313 Å². The normalized spacial score (nSPS) is 14.0. The maximum absolute atomic E-state index is 14.1. The van der Waals surface area contributed by atoms with Crippen molar-refractivity contribution in [1.29, 1.82) is 0 Å². The minimum Gasteiger partial charge on any atom is -0.474 e. The van der Waals surface area contributed by atoms with E-state index >= 15 is 0 Å². The molecule has 23 nitrogen and oxygen atoms in total. The molecule has 0 bridgehead atoms. The number of nitrogens with zero attached hydrogens (tertiary/aromatic N) is 12. The molecule has 3 fully saturated rings. The molecule has 0 aliphatic carbocycles. The number of hydrogen-bond donors (Lipinski definition) is 1. The number of rotatable bonds is 24. The molecule has 3 aliphatic rings. The molecular formula is C98H104FN13O10S2. The highest BCUT2D eigenvalue weighted by Crippen LogP contribution is 2.34. The minimum absolute atomic E-state index is 0.0634. The molecule has 13 aromatic rings. The number of amides is 4. The zero-order valence-corrected chi connectivity index (χ0v) is 72.7. The molecule has 640 valence electrons. The third-order valence-corrected chi connectivity index (χ3v) is 26.1. The van der Waals surface area contributed by atoms with Crippen LogP contribution >= 0.6 is 0 Å². The van der Waals surface area contributed by atoms with Crippen LogP contribution in [0, 0.1) is 5.82 Å². The molecule has 0 unspecified atom stereocenters. The van der Waals surface area contributed by atoms with Gasteiger partial charge in [-0.2, -0.15) is 0 Å². The van der Waals surface area contributed by atoms with E-state index in [1.165, 1.54) is 37.4 Å². The second-order valence-corrected chi connectivity index (χ2v) is 35.6. The molecule has 1 N–H and O–H groups in total. The van der Waals surface area contributed by atoms with E-state index in [0.717, 1.165) is 83.5 Å². The van der Waals surface area contributed by atoms with Crippen LogP contribution in [0.1, 0.15) is 84.8 Å². The molecule has 16 rings (SSSR count). The molecule has 124 heavy (non-hydrogen) atoms. The van der Waals surface area contributed by atoms with Crippen molar-refractivity contribution < 1.29 is 49.9 Å². The third-order valence-electron chi connectivity index (χ3n) is 22.7. The number of pyridine rings is 2. The number of para-hydroxylation sites is 2. The second kappa shape index (κ2) is 39.3. The molecule has 0 atom stereocenters. The predicted octanol–water partition coefficient (Wildman–Crippen LogP) is 15.7. The summed E-state index contributed by atoms with van der Waals surface area (Å²) in [6, 6.07) is 77.4. The molecule has 4 amide bonds. The number of carbonyl (C=O) groups excluding carboxylic acids is 4. The molecule has 0 saturated carbocycles. The summed E-state index contributed by atoms with van der Waals surface area (Å²) in [6.07, 6.45) is 9.03. The summed E-state index contributed by atoms with van der Waals surface area (Å²) in [5, 5.41) is 4.18. The van der Waals surface area contributed by atoms with Gasteiger partial charge in [-0.3, -0.25) is 24.1 Å². The van der Waals surface area contributed by atoms with Gasteiger partial charge in [-0.05, 0) is 156 Å². The summed E-state index contributed by atoms with van der Waals surface area (Å²) in [5.74, 6) is -0.592. The molecule has 3 aliphatic heterocycles. The van der Waals surface area contributed by atoms with Crippen LogP contribution in [0.3, 0.4) is 0 Å². The maximum atomic E-state index is 14.1. The number of halogens is 1. The van der Waals surface area contributed by atoms with Crippen LogP contribution < -0.4 is 34.4 Å². The Morgan fingerprint density at radius 1 is 0.427 bits per heavy atom. The van der Waals surface area contributed by atoms with Gasteiger partial charge in [0.1, 0.15) is 23.7 Å². The maximum Gasteiger partial charge on any atom is 0.271 e. The highest BCUT2D eigenvalue weighted by molar-refractivity contribution is 7.90. The van der Waals surface area contributed by atoms with Crippen molar-refractivity contribution >= 4 is 88.2 Å². The average Bonchev–Trinajstić information content (AvgIpc) is 1.60. The summed E-state index contributed by atoms with van der Waals surface area (Å²) in [5.41, 5.74) is 13.0. The summed E-state index contributed by atoms with van der Waals surface area (Å²) in [6.45, 7) is 5.75. The van der Waals surface area contributed by atoms with E-state index in [0.29, 0.717) is 111 Å². The van der Waals surface area contributed by atoms with E-state index in [1.807, 2.05) is 116 Å². The van der Waals surface area contributed by atoms with Crippen LogP contribution in [0.4, 0.5) is 27.1 Å².